The van der Waals surface area contributed by atoms with Crippen molar-refractivity contribution < 1.29 is 0 Å². The largest absolute Gasteiger partial charge is 0.0843 e. The molecule has 1 aromatic carbocycles. The molecular formula is C10H12Cl. The Kier molecular flexibility index (Phi) is 2.95. The minimum absolute atomic E-state index is 0.815. The van der Waals surface area contributed by atoms with E-state index in [4.69, 9.17) is 11.6 Å². The Labute approximate surface area is 73.2 Å². The van der Waals surface area contributed by atoms with E-state index in [1.54, 1.807) is 0 Å². The Morgan fingerprint density at radius 1 is 1.45 bits per heavy atom. The number of halogens is 1. The molecule has 0 saturated heterocycles. The number of hydrogen-bond acceptors (Lipinski definition) is 0. The monoisotopic (exact) mass is 167 g/mol. The molecule has 0 amide bonds. The molecular weight excluding hydrogens is 156 g/mol. The molecule has 0 atom stereocenters. The van der Waals surface area contributed by atoms with Crippen LogP contribution in [0, 0.1) is 5.92 Å². The second-order valence-corrected chi connectivity index (χ2v) is 3.08. The fourth-order valence-electron chi connectivity index (χ4n) is 0.958. The zero-order valence-electron chi connectivity index (χ0n) is 6.89. The van der Waals surface area contributed by atoms with E-state index in [1.807, 2.05) is 18.2 Å². The lowest BCUT2D eigenvalue weighted by Crippen LogP contribution is -1.90. The van der Waals surface area contributed by atoms with Crippen LogP contribution in [0.25, 0.3) is 0 Å². The summed E-state index contributed by atoms with van der Waals surface area (Å²) in [4.78, 5) is 0. The third-order valence-electron chi connectivity index (χ3n) is 1.85. The fraction of sp³-hybridized carbons (Fsp3) is 0.300. The van der Waals surface area contributed by atoms with Gasteiger partial charge in [-0.05, 0) is 24.1 Å². The van der Waals surface area contributed by atoms with Gasteiger partial charge >= 0.3 is 0 Å². The summed E-state index contributed by atoms with van der Waals surface area (Å²) in [7, 11) is 0. The number of hydrogen-bond donors (Lipinski definition) is 0. The second-order valence-electron chi connectivity index (χ2n) is 2.64. The van der Waals surface area contributed by atoms with Gasteiger partial charge in [0.25, 0.3) is 0 Å². The highest BCUT2D eigenvalue weighted by molar-refractivity contribution is 6.30. The summed E-state index contributed by atoms with van der Waals surface area (Å²) in [6, 6.07) is 7.97. The van der Waals surface area contributed by atoms with E-state index in [9.17, 15) is 0 Å². The van der Waals surface area contributed by atoms with E-state index in [0.29, 0.717) is 0 Å². The minimum atomic E-state index is 0.815. The van der Waals surface area contributed by atoms with E-state index in [0.717, 1.165) is 11.4 Å². The van der Waals surface area contributed by atoms with Crippen molar-refractivity contribution in [3.63, 3.8) is 0 Å². The average molecular weight is 168 g/mol. The van der Waals surface area contributed by atoms with Crippen LogP contribution in [0.1, 0.15) is 25.8 Å². The van der Waals surface area contributed by atoms with Crippen molar-refractivity contribution >= 4 is 11.6 Å². The quantitative estimate of drug-likeness (QED) is 0.630. The summed E-state index contributed by atoms with van der Waals surface area (Å²) in [5.74, 6) is 1.38. The van der Waals surface area contributed by atoms with Crippen molar-refractivity contribution in [2.45, 2.75) is 20.3 Å². The van der Waals surface area contributed by atoms with Crippen molar-refractivity contribution in [2.24, 2.45) is 0 Å². The molecule has 1 rings (SSSR count). The molecule has 0 aliphatic heterocycles. The Morgan fingerprint density at radius 3 is 2.73 bits per heavy atom. The zero-order valence-corrected chi connectivity index (χ0v) is 7.65. The molecule has 1 aromatic rings. The Hall–Kier alpha value is -0.490. The van der Waals surface area contributed by atoms with Gasteiger partial charge in [-0.1, -0.05) is 37.6 Å². The molecule has 0 heterocycles. The predicted molar refractivity (Wildman–Crippen MR) is 49.8 cm³/mol. The van der Waals surface area contributed by atoms with E-state index in [2.05, 4.69) is 19.9 Å². The van der Waals surface area contributed by atoms with Crippen molar-refractivity contribution in [3.05, 3.63) is 40.8 Å². The van der Waals surface area contributed by atoms with Crippen LogP contribution >= 0.6 is 11.6 Å². The highest BCUT2D eigenvalue weighted by atomic mass is 35.5. The van der Waals surface area contributed by atoms with E-state index in [-0.39, 0.29) is 0 Å². The van der Waals surface area contributed by atoms with Gasteiger partial charge in [0.15, 0.2) is 0 Å². The average Bonchev–Trinajstić information content (AvgIpc) is 2.03. The maximum absolute atomic E-state index is 5.83. The van der Waals surface area contributed by atoms with Gasteiger partial charge in [0.2, 0.25) is 0 Å². The first-order chi connectivity index (χ1) is 5.24. The van der Waals surface area contributed by atoms with Crippen LogP contribution in [0.2, 0.25) is 5.02 Å². The Morgan fingerprint density at radius 2 is 2.18 bits per heavy atom. The smallest absolute Gasteiger partial charge is 0.0408 e. The number of benzene rings is 1. The molecule has 0 saturated carbocycles. The van der Waals surface area contributed by atoms with Gasteiger partial charge in [-0.25, -0.2) is 0 Å². The normalized spacial score (nSPS) is 10.5. The van der Waals surface area contributed by atoms with E-state index >= 15 is 0 Å². The van der Waals surface area contributed by atoms with Crippen LogP contribution in [0.15, 0.2) is 24.3 Å². The highest BCUT2D eigenvalue weighted by Crippen LogP contribution is 2.20. The van der Waals surface area contributed by atoms with Gasteiger partial charge in [0.05, 0.1) is 0 Å². The third kappa shape index (κ3) is 2.23. The third-order valence-corrected chi connectivity index (χ3v) is 2.08. The van der Waals surface area contributed by atoms with Gasteiger partial charge in [-0.15, -0.1) is 0 Å². The standard InChI is InChI=1S/C10H12Cl/c1-3-8(2)9-5-4-6-10(11)7-9/h4-7H,3H2,1-2H3. The summed E-state index contributed by atoms with van der Waals surface area (Å²) in [6.07, 6.45) is 1.08. The van der Waals surface area contributed by atoms with Gasteiger partial charge in [-0.2, -0.15) is 0 Å². The van der Waals surface area contributed by atoms with Crippen LogP contribution in [-0.2, 0) is 0 Å². The predicted octanol–water partition coefficient (Wildman–Crippen LogP) is 3.69. The summed E-state index contributed by atoms with van der Waals surface area (Å²) in [5.41, 5.74) is 1.25. The summed E-state index contributed by atoms with van der Waals surface area (Å²) in [5, 5.41) is 0.815. The molecule has 59 valence electrons. The van der Waals surface area contributed by atoms with E-state index < -0.39 is 0 Å². The summed E-state index contributed by atoms with van der Waals surface area (Å²) in [6.45, 7) is 4.28. The maximum atomic E-state index is 5.83. The molecule has 1 heteroatoms. The Balaban J connectivity index is 2.86. The first-order valence-corrected chi connectivity index (χ1v) is 4.20. The molecule has 0 spiro atoms. The number of rotatable bonds is 2. The van der Waals surface area contributed by atoms with Gasteiger partial charge < -0.3 is 0 Å². The minimum Gasteiger partial charge on any atom is -0.0843 e. The fourth-order valence-corrected chi connectivity index (χ4v) is 1.15. The van der Waals surface area contributed by atoms with Gasteiger partial charge in [-0.3, -0.25) is 0 Å². The van der Waals surface area contributed by atoms with Crippen LogP contribution in [0.4, 0.5) is 0 Å². The lowest BCUT2D eigenvalue weighted by molar-refractivity contribution is 0.958. The van der Waals surface area contributed by atoms with Gasteiger partial charge in [0.1, 0.15) is 0 Å². The van der Waals surface area contributed by atoms with Crippen molar-refractivity contribution in [1.29, 1.82) is 0 Å². The second kappa shape index (κ2) is 3.77. The molecule has 0 aliphatic carbocycles. The topological polar surface area (TPSA) is 0 Å². The Bertz CT molecular complexity index is 230. The van der Waals surface area contributed by atoms with Crippen LogP contribution < -0.4 is 0 Å². The molecule has 0 N–H and O–H groups in total. The van der Waals surface area contributed by atoms with Crippen molar-refractivity contribution in [3.8, 4) is 0 Å². The highest BCUT2D eigenvalue weighted by Gasteiger charge is 2.02. The first-order valence-electron chi connectivity index (χ1n) is 3.82. The van der Waals surface area contributed by atoms with Crippen molar-refractivity contribution in [1.82, 2.24) is 0 Å². The van der Waals surface area contributed by atoms with Crippen LogP contribution in [0.5, 0.6) is 0 Å². The molecule has 0 aliphatic rings. The molecule has 0 nitrogen and oxygen atoms in total. The SMILES string of the molecule is CC[C](C)c1cccc(Cl)c1. The lowest BCUT2D eigenvalue weighted by Gasteiger charge is -2.07. The first kappa shape index (κ1) is 8.61. The molecule has 0 aromatic heterocycles. The molecule has 0 unspecified atom stereocenters. The summed E-state index contributed by atoms with van der Waals surface area (Å²) < 4.78 is 0. The van der Waals surface area contributed by atoms with E-state index in [1.165, 1.54) is 11.5 Å². The van der Waals surface area contributed by atoms with Crippen LogP contribution in [-0.4, -0.2) is 0 Å². The summed E-state index contributed by atoms with van der Waals surface area (Å²) >= 11 is 5.83. The molecule has 0 fully saturated rings. The molecule has 0 bridgehead atoms. The lowest BCUT2D eigenvalue weighted by atomic mass is 9.99. The molecule has 1 radical (unpaired) electrons. The van der Waals surface area contributed by atoms with Crippen molar-refractivity contribution in [2.75, 3.05) is 0 Å². The zero-order chi connectivity index (χ0) is 8.27. The van der Waals surface area contributed by atoms with Gasteiger partial charge in [0, 0.05) is 10.9 Å². The maximum Gasteiger partial charge on any atom is 0.0408 e. The molecule has 11 heavy (non-hydrogen) atoms. The van der Waals surface area contributed by atoms with Crippen LogP contribution in [0.3, 0.4) is 0 Å².